The lowest BCUT2D eigenvalue weighted by atomic mass is 10.1. The summed E-state index contributed by atoms with van der Waals surface area (Å²) in [4.78, 5) is 16.3. The van der Waals surface area contributed by atoms with Crippen LogP contribution in [0.3, 0.4) is 0 Å². The van der Waals surface area contributed by atoms with Crippen LogP contribution in [-0.4, -0.2) is 31.5 Å². The van der Waals surface area contributed by atoms with E-state index in [9.17, 15) is 4.79 Å². The number of para-hydroxylation sites is 1. The van der Waals surface area contributed by atoms with E-state index in [0.717, 1.165) is 5.69 Å². The summed E-state index contributed by atoms with van der Waals surface area (Å²) in [5.74, 6) is -0.0106. The van der Waals surface area contributed by atoms with E-state index in [1.165, 1.54) is 11.8 Å². The molecule has 0 spiro atoms. The van der Waals surface area contributed by atoms with Crippen LogP contribution in [0.4, 0.5) is 0 Å². The van der Waals surface area contributed by atoms with E-state index < -0.39 is 0 Å². The van der Waals surface area contributed by atoms with Gasteiger partial charge < -0.3 is 5.32 Å². The highest BCUT2D eigenvalue weighted by molar-refractivity contribution is 8.00. The molecule has 0 fully saturated rings. The van der Waals surface area contributed by atoms with Crippen molar-refractivity contribution in [2.45, 2.75) is 43.6 Å². The predicted octanol–water partition coefficient (Wildman–Crippen LogP) is 2.66. The van der Waals surface area contributed by atoms with Crippen molar-refractivity contribution >= 4 is 17.7 Å². The maximum Gasteiger partial charge on any atom is 0.233 e. The SMILES string of the molecule is CC(Sc1ncn(-c2ccccc2)n1)C(=O)NC(C)(C)C. The van der Waals surface area contributed by atoms with Gasteiger partial charge >= 0.3 is 0 Å². The number of carbonyl (C=O) groups is 1. The van der Waals surface area contributed by atoms with Gasteiger partial charge in [-0.15, -0.1) is 5.10 Å². The summed E-state index contributed by atoms with van der Waals surface area (Å²) in [5.41, 5.74) is 0.714. The number of nitrogens with one attached hydrogen (secondary N) is 1. The topological polar surface area (TPSA) is 59.8 Å². The minimum Gasteiger partial charge on any atom is -0.351 e. The maximum absolute atomic E-state index is 12.0. The third-order valence-electron chi connectivity index (χ3n) is 2.64. The quantitative estimate of drug-likeness (QED) is 0.882. The van der Waals surface area contributed by atoms with Crippen molar-refractivity contribution in [2.24, 2.45) is 0 Å². The van der Waals surface area contributed by atoms with Gasteiger partial charge in [-0.3, -0.25) is 4.79 Å². The van der Waals surface area contributed by atoms with Crippen molar-refractivity contribution in [1.82, 2.24) is 20.1 Å². The molecule has 112 valence electrons. The van der Waals surface area contributed by atoms with Crippen LogP contribution in [-0.2, 0) is 4.79 Å². The minimum absolute atomic E-state index is 0.0106. The summed E-state index contributed by atoms with van der Waals surface area (Å²) in [6, 6.07) is 9.76. The molecule has 1 aromatic carbocycles. The molecule has 1 unspecified atom stereocenters. The molecule has 5 nitrogen and oxygen atoms in total. The summed E-state index contributed by atoms with van der Waals surface area (Å²) < 4.78 is 1.71. The number of amides is 1. The van der Waals surface area contributed by atoms with Crippen molar-refractivity contribution in [3.05, 3.63) is 36.7 Å². The Labute approximate surface area is 129 Å². The van der Waals surface area contributed by atoms with Crippen LogP contribution in [0.5, 0.6) is 0 Å². The van der Waals surface area contributed by atoms with Crippen molar-refractivity contribution in [3.63, 3.8) is 0 Å². The number of rotatable bonds is 4. The molecule has 0 aliphatic rings. The van der Waals surface area contributed by atoms with Gasteiger partial charge in [-0.1, -0.05) is 30.0 Å². The number of aromatic nitrogens is 3. The summed E-state index contributed by atoms with van der Waals surface area (Å²) in [7, 11) is 0. The number of hydrogen-bond donors (Lipinski definition) is 1. The van der Waals surface area contributed by atoms with Crippen molar-refractivity contribution in [2.75, 3.05) is 0 Å². The molecular weight excluding hydrogens is 284 g/mol. The van der Waals surface area contributed by atoms with Gasteiger partial charge in [-0.25, -0.2) is 9.67 Å². The Morgan fingerprint density at radius 3 is 2.57 bits per heavy atom. The van der Waals surface area contributed by atoms with Crippen molar-refractivity contribution < 1.29 is 4.79 Å². The molecule has 0 saturated heterocycles. The number of benzene rings is 1. The number of thioether (sulfide) groups is 1. The van der Waals surface area contributed by atoms with Crippen LogP contribution in [0.15, 0.2) is 41.8 Å². The molecule has 1 N–H and O–H groups in total. The van der Waals surface area contributed by atoms with E-state index in [1.807, 2.05) is 58.0 Å². The predicted molar refractivity (Wildman–Crippen MR) is 84.6 cm³/mol. The second-order valence-electron chi connectivity index (χ2n) is 5.81. The highest BCUT2D eigenvalue weighted by atomic mass is 32.2. The summed E-state index contributed by atoms with van der Waals surface area (Å²) in [6.45, 7) is 7.74. The van der Waals surface area contributed by atoms with Crippen LogP contribution in [0.2, 0.25) is 0 Å². The van der Waals surface area contributed by atoms with Gasteiger partial charge in [0.1, 0.15) is 6.33 Å². The van der Waals surface area contributed by atoms with Gasteiger partial charge in [0.05, 0.1) is 10.9 Å². The molecule has 1 amide bonds. The Kier molecular flexibility index (Phi) is 4.67. The molecule has 6 heteroatoms. The largest absolute Gasteiger partial charge is 0.351 e. The highest BCUT2D eigenvalue weighted by Gasteiger charge is 2.21. The van der Waals surface area contributed by atoms with Crippen LogP contribution in [0, 0.1) is 0 Å². The van der Waals surface area contributed by atoms with Crippen LogP contribution < -0.4 is 5.32 Å². The molecular formula is C15H20N4OS. The summed E-state index contributed by atoms with van der Waals surface area (Å²) in [6.07, 6.45) is 1.66. The first-order valence-corrected chi connectivity index (χ1v) is 7.69. The Bertz CT molecular complexity index is 604. The molecule has 0 saturated carbocycles. The Hall–Kier alpha value is -1.82. The summed E-state index contributed by atoms with van der Waals surface area (Å²) in [5, 5.41) is 7.70. The molecule has 21 heavy (non-hydrogen) atoms. The highest BCUT2D eigenvalue weighted by Crippen LogP contribution is 2.20. The molecule has 1 aromatic heterocycles. The normalized spacial score (nSPS) is 13.0. The van der Waals surface area contributed by atoms with Gasteiger partial charge in [0, 0.05) is 5.54 Å². The fourth-order valence-electron chi connectivity index (χ4n) is 1.69. The first-order chi connectivity index (χ1) is 9.85. The Morgan fingerprint density at radius 2 is 1.95 bits per heavy atom. The second kappa shape index (κ2) is 6.30. The third kappa shape index (κ3) is 4.60. The molecule has 2 aromatic rings. The monoisotopic (exact) mass is 304 g/mol. The van der Waals surface area contributed by atoms with Crippen molar-refractivity contribution in [3.8, 4) is 5.69 Å². The second-order valence-corrected chi connectivity index (χ2v) is 7.11. The lowest BCUT2D eigenvalue weighted by molar-refractivity contribution is -0.121. The first-order valence-electron chi connectivity index (χ1n) is 6.81. The van der Waals surface area contributed by atoms with Crippen LogP contribution >= 0.6 is 11.8 Å². The number of carbonyl (C=O) groups excluding carboxylic acids is 1. The Balaban J connectivity index is 2.01. The fraction of sp³-hybridized carbons (Fsp3) is 0.400. The minimum atomic E-state index is -0.240. The van der Waals surface area contributed by atoms with Crippen LogP contribution in [0.25, 0.3) is 5.69 Å². The molecule has 0 radical (unpaired) electrons. The molecule has 0 aliphatic heterocycles. The lowest BCUT2D eigenvalue weighted by Gasteiger charge is -2.22. The van der Waals surface area contributed by atoms with E-state index in [1.54, 1.807) is 11.0 Å². The van der Waals surface area contributed by atoms with Crippen LogP contribution in [0.1, 0.15) is 27.7 Å². The van der Waals surface area contributed by atoms with Gasteiger partial charge in [-0.2, -0.15) is 0 Å². The van der Waals surface area contributed by atoms with E-state index in [4.69, 9.17) is 0 Å². The zero-order valence-corrected chi connectivity index (χ0v) is 13.5. The smallest absolute Gasteiger partial charge is 0.233 e. The van der Waals surface area contributed by atoms with Gasteiger partial charge in [0.2, 0.25) is 11.1 Å². The van der Waals surface area contributed by atoms with E-state index in [2.05, 4.69) is 15.4 Å². The Morgan fingerprint density at radius 1 is 1.29 bits per heavy atom. The molecule has 1 atom stereocenters. The number of hydrogen-bond acceptors (Lipinski definition) is 4. The first kappa shape index (κ1) is 15.6. The zero-order chi connectivity index (χ0) is 15.5. The third-order valence-corrected chi connectivity index (χ3v) is 3.61. The average Bonchev–Trinajstić information content (AvgIpc) is 2.86. The number of nitrogens with zero attached hydrogens (tertiary/aromatic N) is 3. The lowest BCUT2D eigenvalue weighted by Crippen LogP contribution is -2.44. The molecule has 1 heterocycles. The summed E-state index contributed by atoms with van der Waals surface area (Å²) >= 11 is 1.35. The standard InChI is InChI=1S/C15H20N4OS/c1-11(13(20)17-15(2,3)4)21-14-16-10-19(18-14)12-8-6-5-7-9-12/h5-11H,1-4H3,(H,17,20). The van der Waals surface area contributed by atoms with Gasteiger partial charge in [-0.05, 0) is 39.8 Å². The molecule has 0 aliphatic carbocycles. The average molecular weight is 304 g/mol. The zero-order valence-electron chi connectivity index (χ0n) is 12.7. The van der Waals surface area contributed by atoms with Gasteiger partial charge in [0.25, 0.3) is 0 Å². The maximum atomic E-state index is 12.0. The van der Waals surface area contributed by atoms with E-state index >= 15 is 0 Å². The van der Waals surface area contributed by atoms with E-state index in [0.29, 0.717) is 5.16 Å². The van der Waals surface area contributed by atoms with E-state index in [-0.39, 0.29) is 16.7 Å². The fourth-order valence-corrected chi connectivity index (χ4v) is 2.42. The van der Waals surface area contributed by atoms with Crippen molar-refractivity contribution in [1.29, 1.82) is 0 Å². The molecule has 2 rings (SSSR count). The van der Waals surface area contributed by atoms with Gasteiger partial charge in [0.15, 0.2) is 0 Å². The molecule has 0 bridgehead atoms.